The Hall–Kier alpha value is -3.30. The van der Waals surface area contributed by atoms with E-state index in [0.29, 0.717) is 21.9 Å². The summed E-state index contributed by atoms with van der Waals surface area (Å²) >= 11 is 2.54. The number of nitrogens with zero attached hydrogens (tertiary/aromatic N) is 2. The number of hydrogen-bond acceptors (Lipinski definition) is 7. The van der Waals surface area contributed by atoms with E-state index in [9.17, 15) is 9.59 Å². The lowest BCUT2D eigenvalue weighted by Crippen LogP contribution is -2.33. The van der Waals surface area contributed by atoms with Gasteiger partial charge in [0.15, 0.2) is 5.16 Å². The Morgan fingerprint density at radius 2 is 1.94 bits per heavy atom. The van der Waals surface area contributed by atoms with Crippen molar-refractivity contribution < 1.29 is 9.53 Å². The molecule has 0 aliphatic carbocycles. The van der Waals surface area contributed by atoms with Crippen molar-refractivity contribution >= 4 is 39.2 Å². The first-order valence-corrected chi connectivity index (χ1v) is 11.7. The number of carbonyl (C=O) groups is 1. The first-order chi connectivity index (χ1) is 15.5. The Labute approximate surface area is 193 Å². The van der Waals surface area contributed by atoms with Gasteiger partial charge in [-0.25, -0.2) is 9.66 Å². The minimum absolute atomic E-state index is 0.170. The molecule has 2 aromatic heterocycles. The topological polar surface area (TPSA) is 99.2 Å². The highest BCUT2D eigenvalue weighted by atomic mass is 32.2. The SMILES string of the molecule is COc1ccc(CNC(=O)C(C)Sc2nc3scc(-c4ccccc4)c3c(=O)n2N)cc1. The Kier molecular flexibility index (Phi) is 6.48. The summed E-state index contributed by atoms with van der Waals surface area (Å²) in [5, 5.41) is 5.12. The summed E-state index contributed by atoms with van der Waals surface area (Å²) < 4.78 is 6.17. The molecule has 4 aromatic rings. The number of benzene rings is 2. The molecule has 3 N–H and O–H groups in total. The lowest BCUT2D eigenvalue weighted by molar-refractivity contribution is -0.120. The highest BCUT2D eigenvalue weighted by Crippen LogP contribution is 2.32. The van der Waals surface area contributed by atoms with Crippen LogP contribution >= 0.6 is 23.1 Å². The highest BCUT2D eigenvalue weighted by Gasteiger charge is 2.21. The maximum absolute atomic E-state index is 13.0. The van der Waals surface area contributed by atoms with Crippen LogP contribution in [0.2, 0.25) is 0 Å². The molecule has 2 heterocycles. The number of methoxy groups -OCH3 is 1. The molecule has 0 aliphatic rings. The second-order valence-electron chi connectivity index (χ2n) is 7.09. The van der Waals surface area contributed by atoms with Crippen LogP contribution in [0, 0.1) is 0 Å². The average Bonchev–Trinajstić information content (AvgIpc) is 3.25. The van der Waals surface area contributed by atoms with Crippen LogP contribution in [0.25, 0.3) is 21.3 Å². The molecule has 0 saturated carbocycles. The molecule has 0 radical (unpaired) electrons. The van der Waals surface area contributed by atoms with Gasteiger partial charge in [-0.2, -0.15) is 0 Å². The van der Waals surface area contributed by atoms with Gasteiger partial charge >= 0.3 is 0 Å². The van der Waals surface area contributed by atoms with E-state index in [2.05, 4.69) is 10.3 Å². The van der Waals surface area contributed by atoms with E-state index in [4.69, 9.17) is 10.6 Å². The molecule has 164 valence electrons. The summed E-state index contributed by atoms with van der Waals surface area (Å²) in [6, 6.07) is 17.1. The number of rotatable bonds is 7. The fourth-order valence-electron chi connectivity index (χ4n) is 3.19. The fourth-order valence-corrected chi connectivity index (χ4v) is 5.03. The normalized spacial score (nSPS) is 11.9. The van der Waals surface area contributed by atoms with Crippen molar-refractivity contribution in [3.63, 3.8) is 0 Å². The summed E-state index contributed by atoms with van der Waals surface area (Å²) in [6.07, 6.45) is 0. The summed E-state index contributed by atoms with van der Waals surface area (Å²) in [4.78, 5) is 30.7. The smallest absolute Gasteiger partial charge is 0.282 e. The number of fused-ring (bicyclic) bond motifs is 1. The van der Waals surface area contributed by atoms with E-state index in [0.717, 1.165) is 38.9 Å². The van der Waals surface area contributed by atoms with Gasteiger partial charge in [0.1, 0.15) is 10.6 Å². The summed E-state index contributed by atoms with van der Waals surface area (Å²) in [5.41, 5.74) is 2.37. The number of nitrogens with one attached hydrogen (secondary N) is 1. The Morgan fingerprint density at radius 1 is 1.22 bits per heavy atom. The third-order valence-corrected chi connectivity index (χ3v) is 6.91. The Bertz CT molecular complexity index is 1300. The molecule has 0 saturated heterocycles. The van der Waals surface area contributed by atoms with Crippen molar-refractivity contribution in [2.45, 2.75) is 23.9 Å². The van der Waals surface area contributed by atoms with Gasteiger partial charge in [0.05, 0.1) is 17.7 Å². The van der Waals surface area contributed by atoms with Crippen molar-refractivity contribution in [1.82, 2.24) is 15.0 Å². The van der Waals surface area contributed by atoms with Crippen LogP contribution in [-0.4, -0.2) is 27.9 Å². The number of ether oxygens (including phenoxy) is 1. The van der Waals surface area contributed by atoms with E-state index in [-0.39, 0.29) is 11.5 Å². The molecular weight excluding hydrogens is 444 g/mol. The fraction of sp³-hybridized carbons (Fsp3) is 0.174. The monoisotopic (exact) mass is 466 g/mol. The quantitative estimate of drug-likeness (QED) is 0.245. The summed E-state index contributed by atoms with van der Waals surface area (Å²) in [7, 11) is 1.61. The second-order valence-corrected chi connectivity index (χ2v) is 9.26. The predicted octanol–water partition coefficient (Wildman–Crippen LogP) is 3.64. The number of nitrogen functional groups attached to an aromatic ring is 1. The van der Waals surface area contributed by atoms with Crippen molar-refractivity contribution in [3.05, 3.63) is 75.9 Å². The van der Waals surface area contributed by atoms with Gasteiger partial charge in [0.2, 0.25) is 5.91 Å². The minimum Gasteiger partial charge on any atom is -0.497 e. The minimum atomic E-state index is -0.485. The van der Waals surface area contributed by atoms with Gasteiger partial charge in [-0.3, -0.25) is 9.59 Å². The number of thioether (sulfide) groups is 1. The number of carbonyl (C=O) groups excluding carboxylic acids is 1. The number of hydrogen-bond donors (Lipinski definition) is 2. The van der Waals surface area contributed by atoms with Crippen molar-refractivity contribution in [2.75, 3.05) is 13.0 Å². The van der Waals surface area contributed by atoms with Crippen molar-refractivity contribution in [2.24, 2.45) is 0 Å². The lowest BCUT2D eigenvalue weighted by atomic mass is 10.1. The number of nitrogens with two attached hydrogens (primary N) is 1. The number of amides is 1. The molecule has 0 spiro atoms. The van der Waals surface area contributed by atoms with E-state index in [1.807, 2.05) is 60.0 Å². The van der Waals surface area contributed by atoms with Gasteiger partial charge in [0, 0.05) is 17.5 Å². The van der Waals surface area contributed by atoms with Crippen LogP contribution in [0.15, 0.2) is 69.9 Å². The van der Waals surface area contributed by atoms with Crippen LogP contribution in [0.5, 0.6) is 5.75 Å². The van der Waals surface area contributed by atoms with Gasteiger partial charge in [-0.15, -0.1) is 11.3 Å². The lowest BCUT2D eigenvalue weighted by Gasteiger charge is -2.13. The number of aromatic nitrogens is 2. The van der Waals surface area contributed by atoms with E-state index in [1.165, 1.54) is 11.3 Å². The van der Waals surface area contributed by atoms with E-state index < -0.39 is 5.25 Å². The maximum Gasteiger partial charge on any atom is 0.282 e. The molecule has 0 fully saturated rings. The maximum atomic E-state index is 13.0. The Morgan fingerprint density at radius 3 is 2.62 bits per heavy atom. The zero-order chi connectivity index (χ0) is 22.7. The summed E-state index contributed by atoms with van der Waals surface area (Å²) in [5.74, 6) is 6.67. The molecular formula is C23H22N4O3S2. The van der Waals surface area contributed by atoms with Gasteiger partial charge < -0.3 is 15.9 Å². The molecule has 7 nitrogen and oxygen atoms in total. The molecule has 2 aromatic carbocycles. The van der Waals surface area contributed by atoms with E-state index in [1.54, 1.807) is 14.0 Å². The van der Waals surface area contributed by atoms with Crippen LogP contribution < -0.4 is 21.5 Å². The molecule has 1 amide bonds. The Balaban J connectivity index is 1.50. The second kappa shape index (κ2) is 9.46. The molecule has 32 heavy (non-hydrogen) atoms. The molecule has 1 atom stereocenters. The predicted molar refractivity (Wildman–Crippen MR) is 130 cm³/mol. The molecule has 0 bridgehead atoms. The van der Waals surface area contributed by atoms with Crippen LogP contribution in [0.1, 0.15) is 12.5 Å². The molecule has 0 aliphatic heterocycles. The third-order valence-electron chi connectivity index (χ3n) is 4.97. The van der Waals surface area contributed by atoms with Crippen LogP contribution in [-0.2, 0) is 11.3 Å². The van der Waals surface area contributed by atoms with Crippen molar-refractivity contribution in [3.8, 4) is 16.9 Å². The van der Waals surface area contributed by atoms with Gasteiger partial charge in [-0.05, 0) is 30.2 Å². The van der Waals surface area contributed by atoms with Crippen LogP contribution in [0.3, 0.4) is 0 Å². The third kappa shape index (κ3) is 4.49. The first kappa shape index (κ1) is 21.9. The van der Waals surface area contributed by atoms with Crippen LogP contribution in [0.4, 0.5) is 0 Å². The zero-order valence-corrected chi connectivity index (χ0v) is 19.2. The highest BCUT2D eigenvalue weighted by molar-refractivity contribution is 8.00. The average molecular weight is 467 g/mol. The van der Waals surface area contributed by atoms with Gasteiger partial charge in [0.25, 0.3) is 5.56 Å². The van der Waals surface area contributed by atoms with E-state index >= 15 is 0 Å². The largest absolute Gasteiger partial charge is 0.497 e. The summed E-state index contributed by atoms with van der Waals surface area (Å²) in [6.45, 7) is 2.15. The first-order valence-electron chi connectivity index (χ1n) is 9.90. The number of thiophene rings is 1. The standard InChI is InChI=1S/C23H22N4O3S2/c1-14(20(28)25-12-15-8-10-17(30-2)11-9-15)32-23-26-21-19(22(29)27(23)24)18(13-31-21)16-6-4-3-5-7-16/h3-11,13-14H,12,24H2,1-2H3,(H,25,28). The zero-order valence-electron chi connectivity index (χ0n) is 17.6. The van der Waals surface area contributed by atoms with Gasteiger partial charge in [-0.1, -0.05) is 54.2 Å². The molecule has 9 heteroatoms. The molecule has 1 unspecified atom stereocenters. The van der Waals surface area contributed by atoms with Crippen molar-refractivity contribution in [1.29, 1.82) is 0 Å². The molecule has 4 rings (SSSR count).